The summed E-state index contributed by atoms with van der Waals surface area (Å²) in [5.74, 6) is -0.455. The molecule has 0 spiro atoms. The third-order valence-electron chi connectivity index (χ3n) is 1.12. The molecule has 0 saturated carbocycles. The Bertz CT molecular complexity index is 367. The number of nitrogens with one attached hydrogen (secondary N) is 2. The Morgan fingerprint density at radius 3 is 2.41 bits per heavy atom. The van der Waals surface area contributed by atoms with Gasteiger partial charge in [0.15, 0.2) is 10.2 Å². The third-order valence-corrected chi connectivity index (χ3v) is 1.30. The number of carbonyl (C=O) groups excluding carboxylic acids is 1. The van der Waals surface area contributed by atoms with Crippen molar-refractivity contribution in [1.29, 1.82) is 0 Å². The molecule has 0 aromatic carbocycles. The van der Waals surface area contributed by atoms with Crippen molar-refractivity contribution in [1.82, 2.24) is 10.9 Å². The number of hydrazone groups is 2. The van der Waals surface area contributed by atoms with Crippen molar-refractivity contribution in [2.75, 3.05) is 6.61 Å². The highest BCUT2D eigenvalue weighted by Crippen LogP contribution is 1.81. The van der Waals surface area contributed by atoms with Crippen molar-refractivity contribution in [2.45, 2.75) is 6.92 Å². The van der Waals surface area contributed by atoms with Crippen molar-refractivity contribution >= 4 is 52.6 Å². The number of thiocarbonyl (C=S) groups is 2. The summed E-state index contributed by atoms with van der Waals surface area (Å²) in [6.07, 6.45) is 1.26. The maximum atomic E-state index is 10.6. The predicted octanol–water partition coefficient (Wildman–Crippen LogP) is -1.44. The first-order chi connectivity index (χ1) is 7.91. The predicted molar refractivity (Wildman–Crippen MR) is 72.4 cm³/mol. The maximum absolute atomic E-state index is 10.6. The van der Waals surface area contributed by atoms with Crippen molar-refractivity contribution in [2.24, 2.45) is 21.7 Å². The van der Waals surface area contributed by atoms with Crippen LogP contribution in [0.15, 0.2) is 10.2 Å². The smallest absolute Gasteiger partial charge is 0.303 e. The molecule has 0 atom stereocenters. The minimum absolute atomic E-state index is 0.00427. The summed E-state index contributed by atoms with van der Waals surface area (Å²) in [5.41, 5.74) is 15.2. The van der Waals surface area contributed by atoms with Crippen LogP contribution in [-0.4, -0.2) is 34.7 Å². The van der Waals surface area contributed by atoms with Crippen LogP contribution in [0.3, 0.4) is 0 Å². The topological polar surface area (TPSA) is 127 Å². The normalized spacial score (nSPS) is 11.0. The second-order valence-corrected chi connectivity index (χ2v) is 3.47. The summed E-state index contributed by atoms with van der Waals surface area (Å²) in [6, 6.07) is 0. The molecule has 0 amide bonds. The van der Waals surface area contributed by atoms with Gasteiger partial charge in [0.2, 0.25) is 0 Å². The number of hydrogen-bond acceptors (Lipinski definition) is 6. The van der Waals surface area contributed by atoms with E-state index in [9.17, 15) is 4.79 Å². The van der Waals surface area contributed by atoms with Gasteiger partial charge in [0.25, 0.3) is 0 Å². The molecule has 0 aliphatic rings. The Morgan fingerprint density at radius 1 is 1.35 bits per heavy atom. The van der Waals surface area contributed by atoms with Crippen molar-refractivity contribution in [3.8, 4) is 0 Å². The second kappa shape index (κ2) is 8.35. The molecule has 94 valence electrons. The van der Waals surface area contributed by atoms with Crippen LogP contribution >= 0.6 is 24.4 Å². The lowest BCUT2D eigenvalue weighted by atomic mass is 10.4. The van der Waals surface area contributed by atoms with E-state index >= 15 is 0 Å². The highest BCUT2D eigenvalue weighted by Gasteiger charge is 2.00. The molecule has 0 aliphatic carbocycles. The highest BCUT2D eigenvalue weighted by molar-refractivity contribution is 7.80. The largest absolute Gasteiger partial charge is 0.459 e. The quantitative estimate of drug-likeness (QED) is 0.208. The van der Waals surface area contributed by atoms with Crippen LogP contribution in [-0.2, 0) is 9.53 Å². The van der Waals surface area contributed by atoms with Gasteiger partial charge in [0.1, 0.15) is 12.3 Å². The van der Waals surface area contributed by atoms with Gasteiger partial charge in [-0.05, 0) is 24.4 Å². The lowest BCUT2D eigenvalue weighted by Crippen LogP contribution is -2.28. The van der Waals surface area contributed by atoms with Crippen molar-refractivity contribution < 1.29 is 9.53 Å². The number of rotatable bonds is 5. The molecule has 0 fully saturated rings. The Balaban J connectivity index is 4.43. The van der Waals surface area contributed by atoms with Crippen LogP contribution in [0, 0.1) is 0 Å². The van der Waals surface area contributed by atoms with E-state index in [1.54, 1.807) is 0 Å². The number of nitrogens with zero attached hydrogens (tertiary/aromatic N) is 2. The summed E-state index contributed by atoms with van der Waals surface area (Å²) < 4.78 is 4.72. The van der Waals surface area contributed by atoms with E-state index in [2.05, 4.69) is 45.5 Å². The Labute approximate surface area is 108 Å². The summed E-state index contributed by atoms with van der Waals surface area (Å²) >= 11 is 9.09. The Kier molecular flexibility index (Phi) is 7.46. The van der Waals surface area contributed by atoms with Crippen molar-refractivity contribution in [3.05, 3.63) is 0 Å². The molecule has 0 aromatic rings. The van der Waals surface area contributed by atoms with Gasteiger partial charge in [0.05, 0.1) is 6.21 Å². The number of esters is 1. The molecule has 0 saturated heterocycles. The summed E-state index contributed by atoms with van der Waals surface area (Å²) in [7, 11) is 0. The van der Waals surface area contributed by atoms with Crippen LogP contribution in [0.1, 0.15) is 6.92 Å². The molecule has 6 N–H and O–H groups in total. The second-order valence-electron chi connectivity index (χ2n) is 2.59. The average molecular weight is 276 g/mol. The molecular formula is C7H12N6O2S2. The average Bonchev–Trinajstić information content (AvgIpc) is 2.20. The zero-order valence-corrected chi connectivity index (χ0v) is 10.6. The fourth-order valence-electron chi connectivity index (χ4n) is 0.571. The number of ether oxygens (including phenoxy) is 1. The zero-order chi connectivity index (χ0) is 13.3. The monoisotopic (exact) mass is 276 g/mol. The van der Waals surface area contributed by atoms with E-state index in [-0.39, 0.29) is 22.5 Å². The minimum atomic E-state index is -0.455. The highest BCUT2D eigenvalue weighted by atomic mass is 32.1. The molecule has 17 heavy (non-hydrogen) atoms. The fourth-order valence-corrected chi connectivity index (χ4v) is 0.670. The zero-order valence-electron chi connectivity index (χ0n) is 8.97. The lowest BCUT2D eigenvalue weighted by Gasteiger charge is -2.02. The van der Waals surface area contributed by atoms with Gasteiger partial charge in [-0.15, -0.1) is 0 Å². The van der Waals surface area contributed by atoms with E-state index in [0.29, 0.717) is 0 Å². The van der Waals surface area contributed by atoms with Crippen molar-refractivity contribution in [3.63, 3.8) is 0 Å². The van der Waals surface area contributed by atoms with Crippen LogP contribution in [0.25, 0.3) is 0 Å². The molecule has 10 heteroatoms. The molecule has 0 rings (SSSR count). The number of nitrogens with two attached hydrogens (primary N) is 2. The summed E-state index contributed by atoms with van der Waals surface area (Å²) in [6.45, 7) is 1.18. The molecule has 0 aliphatic heterocycles. The number of hydrogen-bond donors (Lipinski definition) is 4. The minimum Gasteiger partial charge on any atom is -0.459 e. The Morgan fingerprint density at radius 2 is 1.94 bits per heavy atom. The Hall–Kier alpha value is -1.81. The first kappa shape index (κ1) is 15.2. The fraction of sp³-hybridized carbons (Fsp3) is 0.286. The molecular weight excluding hydrogens is 264 g/mol. The van der Waals surface area contributed by atoms with Gasteiger partial charge in [0, 0.05) is 6.92 Å². The van der Waals surface area contributed by atoms with Gasteiger partial charge in [-0.1, -0.05) is 0 Å². The number of carbonyl (C=O) groups is 1. The molecule has 0 unspecified atom stereocenters. The molecule has 0 heterocycles. The molecule has 0 aromatic heterocycles. The standard InChI is InChI=1S/C7H12N6O2S2/c1-4(14)15-3-5(11-13-7(9)17)2-10-12-6(8)16/h2H,3H2,1H3,(H3,8,12,16)(H3,9,13,17). The van der Waals surface area contributed by atoms with E-state index in [4.69, 9.17) is 16.2 Å². The van der Waals surface area contributed by atoms with Gasteiger partial charge in [-0.25, -0.2) is 0 Å². The molecule has 0 radical (unpaired) electrons. The molecule has 8 nitrogen and oxygen atoms in total. The van der Waals surface area contributed by atoms with Gasteiger partial charge >= 0.3 is 5.97 Å². The van der Waals surface area contributed by atoms with E-state index in [1.165, 1.54) is 13.1 Å². The van der Waals surface area contributed by atoms with Crippen LogP contribution in [0.4, 0.5) is 0 Å². The van der Waals surface area contributed by atoms with E-state index in [0.717, 1.165) is 0 Å². The first-order valence-electron chi connectivity index (χ1n) is 4.25. The van der Waals surface area contributed by atoms with Gasteiger partial charge < -0.3 is 16.2 Å². The lowest BCUT2D eigenvalue weighted by molar-refractivity contribution is -0.139. The van der Waals surface area contributed by atoms with Gasteiger partial charge in [-0.3, -0.25) is 15.6 Å². The summed E-state index contributed by atoms with van der Waals surface area (Å²) in [4.78, 5) is 10.6. The maximum Gasteiger partial charge on any atom is 0.303 e. The third kappa shape index (κ3) is 10.5. The van der Waals surface area contributed by atoms with Gasteiger partial charge in [-0.2, -0.15) is 10.2 Å². The molecule has 0 bridgehead atoms. The van der Waals surface area contributed by atoms with Crippen LogP contribution < -0.4 is 22.3 Å². The van der Waals surface area contributed by atoms with Crippen LogP contribution in [0.5, 0.6) is 0 Å². The van der Waals surface area contributed by atoms with Crippen LogP contribution in [0.2, 0.25) is 0 Å². The first-order valence-corrected chi connectivity index (χ1v) is 5.07. The van der Waals surface area contributed by atoms with E-state index in [1.807, 2.05) is 0 Å². The SMILES string of the molecule is CC(=O)OCC(C=NNC(N)=S)=NNC(N)=S. The summed E-state index contributed by atoms with van der Waals surface area (Å²) in [5, 5.41) is 7.35. The van der Waals surface area contributed by atoms with E-state index < -0.39 is 5.97 Å².